The molecule has 0 bridgehead atoms. The zero-order valence-electron chi connectivity index (χ0n) is 16.6. The molecular weight excluding hydrogens is 394 g/mol. The van der Waals surface area contributed by atoms with Crippen LogP contribution in [0.5, 0.6) is 5.75 Å². The van der Waals surface area contributed by atoms with Gasteiger partial charge in [-0.3, -0.25) is 19.7 Å². The van der Waals surface area contributed by atoms with E-state index in [1.165, 1.54) is 26.2 Å². The van der Waals surface area contributed by atoms with Crippen molar-refractivity contribution in [1.29, 1.82) is 0 Å². The van der Waals surface area contributed by atoms with Gasteiger partial charge in [-0.15, -0.1) is 0 Å². The van der Waals surface area contributed by atoms with Crippen LogP contribution < -0.4 is 15.4 Å². The molecule has 158 valence electrons. The average molecular weight is 415 g/mol. The molecule has 0 saturated carbocycles. The Balaban J connectivity index is 1.91. The van der Waals surface area contributed by atoms with Gasteiger partial charge in [0.15, 0.2) is 6.61 Å². The Morgan fingerprint density at radius 2 is 1.90 bits per heavy atom. The summed E-state index contributed by atoms with van der Waals surface area (Å²) in [6.07, 6.45) is 0. The van der Waals surface area contributed by atoms with Gasteiger partial charge in [-0.05, 0) is 32.0 Å². The van der Waals surface area contributed by atoms with Gasteiger partial charge in [0.2, 0.25) is 0 Å². The third kappa shape index (κ3) is 6.03. The molecule has 2 amide bonds. The van der Waals surface area contributed by atoms with Gasteiger partial charge in [-0.2, -0.15) is 0 Å². The zero-order valence-corrected chi connectivity index (χ0v) is 16.6. The smallest absolute Gasteiger partial charge is 0.328 e. The normalized spacial score (nSPS) is 11.2. The number of benzene rings is 2. The first-order valence-corrected chi connectivity index (χ1v) is 8.87. The fraction of sp³-hybridized carbons (Fsp3) is 0.250. The lowest BCUT2D eigenvalue weighted by Gasteiger charge is -2.14. The summed E-state index contributed by atoms with van der Waals surface area (Å²) in [5.41, 5.74) is 1.11. The molecule has 0 radical (unpaired) electrons. The van der Waals surface area contributed by atoms with Crippen LogP contribution >= 0.6 is 0 Å². The van der Waals surface area contributed by atoms with Crippen molar-refractivity contribution >= 4 is 29.2 Å². The largest absolute Gasteiger partial charge is 0.495 e. The maximum absolute atomic E-state index is 12.2. The van der Waals surface area contributed by atoms with Crippen LogP contribution in [0.1, 0.15) is 22.8 Å². The molecule has 0 heterocycles. The molecule has 0 aliphatic heterocycles. The van der Waals surface area contributed by atoms with Crippen molar-refractivity contribution in [2.75, 3.05) is 19.0 Å². The molecule has 0 spiro atoms. The maximum atomic E-state index is 12.2. The Labute approximate surface area is 172 Å². The number of nitrogens with one attached hydrogen (secondary N) is 2. The van der Waals surface area contributed by atoms with Crippen LogP contribution in [0.2, 0.25) is 0 Å². The highest BCUT2D eigenvalue weighted by molar-refractivity contribution is 5.98. The van der Waals surface area contributed by atoms with Crippen molar-refractivity contribution in [2.45, 2.75) is 19.9 Å². The van der Waals surface area contributed by atoms with Gasteiger partial charge < -0.3 is 20.1 Å². The van der Waals surface area contributed by atoms with E-state index in [1.807, 2.05) is 13.0 Å². The minimum absolute atomic E-state index is 0.0635. The third-order valence-electron chi connectivity index (χ3n) is 3.99. The van der Waals surface area contributed by atoms with Crippen molar-refractivity contribution in [3.8, 4) is 5.75 Å². The lowest BCUT2D eigenvalue weighted by Crippen LogP contribution is -2.40. The van der Waals surface area contributed by atoms with Crippen molar-refractivity contribution in [2.24, 2.45) is 0 Å². The number of esters is 1. The van der Waals surface area contributed by atoms with Crippen LogP contribution in [0.4, 0.5) is 11.4 Å². The first kappa shape index (κ1) is 22.3. The predicted molar refractivity (Wildman–Crippen MR) is 107 cm³/mol. The predicted octanol–water partition coefficient (Wildman–Crippen LogP) is 2.21. The van der Waals surface area contributed by atoms with Crippen LogP contribution in [-0.2, 0) is 14.3 Å². The molecule has 2 rings (SSSR count). The van der Waals surface area contributed by atoms with Crippen molar-refractivity contribution in [3.63, 3.8) is 0 Å². The second-order valence-electron chi connectivity index (χ2n) is 6.36. The highest BCUT2D eigenvalue weighted by Crippen LogP contribution is 2.28. The minimum Gasteiger partial charge on any atom is -0.495 e. The summed E-state index contributed by atoms with van der Waals surface area (Å²) in [5, 5.41) is 15.8. The van der Waals surface area contributed by atoms with Crippen LogP contribution in [0.15, 0.2) is 42.5 Å². The van der Waals surface area contributed by atoms with Crippen molar-refractivity contribution in [1.82, 2.24) is 5.32 Å². The van der Waals surface area contributed by atoms with Gasteiger partial charge in [0.05, 0.1) is 17.7 Å². The Bertz CT molecular complexity index is 975. The van der Waals surface area contributed by atoms with Gasteiger partial charge in [0.1, 0.15) is 11.8 Å². The number of rotatable bonds is 8. The Morgan fingerprint density at radius 1 is 1.17 bits per heavy atom. The molecule has 0 aromatic heterocycles. The highest BCUT2D eigenvalue weighted by Gasteiger charge is 2.20. The van der Waals surface area contributed by atoms with Crippen LogP contribution in [0.3, 0.4) is 0 Å². The summed E-state index contributed by atoms with van der Waals surface area (Å²) in [6.45, 7) is 2.62. The summed E-state index contributed by atoms with van der Waals surface area (Å²) < 4.78 is 9.96. The molecule has 0 aliphatic rings. The zero-order chi connectivity index (χ0) is 22.3. The van der Waals surface area contributed by atoms with Gasteiger partial charge in [0.25, 0.3) is 17.5 Å². The van der Waals surface area contributed by atoms with E-state index in [4.69, 9.17) is 9.47 Å². The van der Waals surface area contributed by atoms with E-state index in [0.717, 1.165) is 11.6 Å². The number of anilines is 1. The lowest BCUT2D eigenvalue weighted by atomic mass is 10.1. The monoisotopic (exact) mass is 415 g/mol. The van der Waals surface area contributed by atoms with Gasteiger partial charge >= 0.3 is 5.97 Å². The van der Waals surface area contributed by atoms with Crippen LogP contribution in [0, 0.1) is 17.0 Å². The molecule has 0 saturated heterocycles. The molecule has 1 atom stereocenters. The summed E-state index contributed by atoms with van der Waals surface area (Å²) >= 11 is 0. The number of nitro groups is 1. The molecule has 10 nitrogen and oxygen atoms in total. The van der Waals surface area contributed by atoms with E-state index in [-0.39, 0.29) is 17.1 Å². The second kappa shape index (κ2) is 10.0. The average Bonchev–Trinajstić information content (AvgIpc) is 2.71. The number of non-ortho nitro benzene ring substituents is 1. The number of ether oxygens (including phenoxy) is 2. The number of carbonyl (C=O) groups excluding carboxylic acids is 3. The first-order chi connectivity index (χ1) is 14.2. The molecular formula is C20H21N3O7. The number of carbonyl (C=O) groups is 3. The van der Waals surface area contributed by atoms with E-state index >= 15 is 0 Å². The quantitative estimate of drug-likeness (QED) is 0.383. The van der Waals surface area contributed by atoms with Crippen molar-refractivity contribution in [3.05, 3.63) is 63.7 Å². The summed E-state index contributed by atoms with van der Waals surface area (Å²) in [7, 11) is 1.34. The summed E-state index contributed by atoms with van der Waals surface area (Å²) in [5.74, 6) is -1.77. The van der Waals surface area contributed by atoms with Crippen molar-refractivity contribution < 1.29 is 28.8 Å². The molecule has 2 aromatic rings. The Hall–Kier alpha value is -3.95. The second-order valence-corrected chi connectivity index (χ2v) is 6.36. The third-order valence-corrected chi connectivity index (χ3v) is 3.99. The maximum Gasteiger partial charge on any atom is 0.328 e. The first-order valence-electron chi connectivity index (χ1n) is 8.87. The minimum atomic E-state index is -0.988. The molecule has 0 unspecified atom stereocenters. The molecule has 2 aromatic carbocycles. The van der Waals surface area contributed by atoms with Gasteiger partial charge in [-0.25, -0.2) is 4.79 Å². The fourth-order valence-corrected chi connectivity index (χ4v) is 2.48. The van der Waals surface area contributed by atoms with E-state index in [2.05, 4.69) is 10.6 Å². The lowest BCUT2D eigenvalue weighted by molar-refractivity contribution is -0.384. The number of methoxy groups -OCH3 is 1. The number of hydrogen-bond acceptors (Lipinski definition) is 7. The van der Waals surface area contributed by atoms with E-state index in [0.29, 0.717) is 5.56 Å². The molecule has 30 heavy (non-hydrogen) atoms. The number of nitrogens with zero attached hydrogens (tertiary/aromatic N) is 1. The van der Waals surface area contributed by atoms with Crippen LogP contribution in [-0.4, -0.2) is 42.5 Å². The summed E-state index contributed by atoms with van der Waals surface area (Å²) in [6, 6.07) is 9.55. The fourth-order valence-electron chi connectivity index (χ4n) is 2.48. The number of amides is 2. The topological polar surface area (TPSA) is 137 Å². The van der Waals surface area contributed by atoms with E-state index < -0.39 is 35.4 Å². The van der Waals surface area contributed by atoms with Gasteiger partial charge in [0, 0.05) is 17.7 Å². The SMILES string of the molecule is COc1ccc([N+](=O)[O-])cc1NC(=O)COC(=O)[C@H](C)NC(=O)c1cccc(C)c1. The molecule has 0 fully saturated rings. The molecule has 10 heteroatoms. The molecule has 0 aliphatic carbocycles. The number of hydrogen-bond donors (Lipinski definition) is 2. The number of aryl methyl sites for hydroxylation is 1. The highest BCUT2D eigenvalue weighted by atomic mass is 16.6. The molecule has 2 N–H and O–H groups in total. The van der Waals surface area contributed by atoms with E-state index in [1.54, 1.807) is 18.2 Å². The van der Waals surface area contributed by atoms with Crippen LogP contribution in [0.25, 0.3) is 0 Å². The Morgan fingerprint density at radius 3 is 2.53 bits per heavy atom. The summed E-state index contributed by atoms with van der Waals surface area (Å²) in [4.78, 5) is 46.6. The standard InChI is InChI=1S/C20H21N3O7/c1-12-5-4-6-14(9-12)19(25)21-13(2)20(26)30-11-18(24)22-16-10-15(23(27)28)7-8-17(16)29-3/h4-10,13H,11H2,1-3H3,(H,21,25)(H,22,24)/t13-/m0/s1. The van der Waals surface area contributed by atoms with E-state index in [9.17, 15) is 24.5 Å². The Kier molecular flexibility index (Phi) is 7.45. The van der Waals surface area contributed by atoms with Gasteiger partial charge in [-0.1, -0.05) is 17.7 Å². The number of nitro benzene ring substituents is 1.